The van der Waals surface area contributed by atoms with Gasteiger partial charge in [-0.1, -0.05) is 12.1 Å². The summed E-state index contributed by atoms with van der Waals surface area (Å²) < 4.78 is 2.88. The van der Waals surface area contributed by atoms with E-state index in [0.29, 0.717) is 0 Å². The van der Waals surface area contributed by atoms with Crippen molar-refractivity contribution in [1.82, 2.24) is 14.5 Å². The number of nitrogens with one attached hydrogen (secondary N) is 1. The second kappa shape index (κ2) is 4.38. The summed E-state index contributed by atoms with van der Waals surface area (Å²) in [5, 5.41) is 0. The quantitative estimate of drug-likeness (QED) is 0.712. The number of imidazole rings is 1. The van der Waals surface area contributed by atoms with Crippen LogP contribution in [0.1, 0.15) is 11.1 Å². The molecule has 4 heteroatoms. The molecule has 0 aliphatic carbocycles. The Morgan fingerprint density at radius 3 is 2.78 bits per heavy atom. The van der Waals surface area contributed by atoms with E-state index < -0.39 is 0 Å². The highest BCUT2D eigenvalue weighted by molar-refractivity contribution is 7.71. The SMILES string of the molecule is Cc1cccc2c1[nH]c(=S)n2Cc1ccncc1. The molecule has 0 bridgehead atoms. The van der Waals surface area contributed by atoms with Gasteiger partial charge in [0.25, 0.3) is 0 Å². The van der Waals surface area contributed by atoms with Gasteiger partial charge in [-0.05, 0) is 48.5 Å². The Morgan fingerprint density at radius 2 is 2.00 bits per heavy atom. The fourth-order valence-corrected chi connectivity index (χ4v) is 2.42. The number of hydrogen-bond acceptors (Lipinski definition) is 2. The highest BCUT2D eigenvalue weighted by Gasteiger charge is 2.06. The predicted molar refractivity (Wildman–Crippen MR) is 75.2 cm³/mol. The fourth-order valence-electron chi connectivity index (χ4n) is 2.15. The Balaban J connectivity index is 2.15. The van der Waals surface area contributed by atoms with Crippen molar-refractivity contribution in [2.45, 2.75) is 13.5 Å². The minimum atomic E-state index is 0.760. The molecule has 0 saturated heterocycles. The number of benzene rings is 1. The minimum Gasteiger partial charge on any atom is -0.330 e. The van der Waals surface area contributed by atoms with Gasteiger partial charge in [0.2, 0.25) is 0 Å². The van der Waals surface area contributed by atoms with Gasteiger partial charge in [-0.25, -0.2) is 0 Å². The van der Waals surface area contributed by atoms with Crippen molar-refractivity contribution in [2.75, 3.05) is 0 Å². The van der Waals surface area contributed by atoms with E-state index in [4.69, 9.17) is 12.2 Å². The molecule has 2 aromatic heterocycles. The third kappa shape index (κ3) is 1.84. The number of aromatic nitrogens is 3. The van der Waals surface area contributed by atoms with E-state index in [1.807, 2.05) is 12.1 Å². The lowest BCUT2D eigenvalue weighted by Gasteiger charge is -2.04. The minimum absolute atomic E-state index is 0.760. The number of hydrogen-bond donors (Lipinski definition) is 1. The van der Waals surface area contributed by atoms with E-state index >= 15 is 0 Å². The number of aromatic amines is 1. The highest BCUT2D eigenvalue weighted by Crippen LogP contribution is 2.18. The first-order valence-electron chi connectivity index (χ1n) is 5.83. The molecule has 1 N–H and O–H groups in total. The van der Waals surface area contributed by atoms with Crippen LogP contribution >= 0.6 is 12.2 Å². The van der Waals surface area contributed by atoms with Gasteiger partial charge >= 0.3 is 0 Å². The van der Waals surface area contributed by atoms with Crippen LogP contribution in [0.25, 0.3) is 11.0 Å². The summed E-state index contributed by atoms with van der Waals surface area (Å²) in [6, 6.07) is 10.3. The smallest absolute Gasteiger partial charge is 0.178 e. The second-order valence-corrected chi connectivity index (χ2v) is 4.73. The van der Waals surface area contributed by atoms with Crippen molar-refractivity contribution < 1.29 is 0 Å². The molecule has 1 aromatic carbocycles. The summed E-state index contributed by atoms with van der Waals surface area (Å²) in [5.74, 6) is 0. The molecular formula is C14H13N3S. The second-order valence-electron chi connectivity index (χ2n) is 4.34. The highest BCUT2D eigenvalue weighted by atomic mass is 32.1. The lowest BCUT2D eigenvalue weighted by Crippen LogP contribution is -1.99. The van der Waals surface area contributed by atoms with Gasteiger partial charge in [0.1, 0.15) is 0 Å². The summed E-state index contributed by atoms with van der Waals surface area (Å²) in [5.41, 5.74) is 4.68. The molecule has 0 saturated carbocycles. The Labute approximate surface area is 110 Å². The average molecular weight is 255 g/mol. The Hall–Kier alpha value is -1.94. The van der Waals surface area contributed by atoms with E-state index in [-0.39, 0.29) is 0 Å². The third-order valence-electron chi connectivity index (χ3n) is 3.11. The van der Waals surface area contributed by atoms with Crippen LogP contribution in [-0.2, 0) is 6.54 Å². The van der Waals surface area contributed by atoms with Crippen molar-refractivity contribution in [1.29, 1.82) is 0 Å². The number of rotatable bonds is 2. The van der Waals surface area contributed by atoms with Crippen molar-refractivity contribution in [3.05, 3.63) is 58.6 Å². The van der Waals surface area contributed by atoms with Crippen LogP contribution in [-0.4, -0.2) is 14.5 Å². The van der Waals surface area contributed by atoms with Crippen LogP contribution in [0, 0.1) is 11.7 Å². The molecule has 2 heterocycles. The van der Waals surface area contributed by atoms with Crippen molar-refractivity contribution in [2.24, 2.45) is 0 Å². The Morgan fingerprint density at radius 1 is 1.22 bits per heavy atom. The van der Waals surface area contributed by atoms with Crippen LogP contribution < -0.4 is 0 Å². The van der Waals surface area contributed by atoms with Gasteiger partial charge in [0.15, 0.2) is 4.77 Å². The number of para-hydroxylation sites is 1. The van der Waals surface area contributed by atoms with Gasteiger partial charge in [-0.15, -0.1) is 0 Å². The summed E-state index contributed by atoms with van der Waals surface area (Å²) in [6.07, 6.45) is 3.61. The standard InChI is InChI=1S/C14H13N3S/c1-10-3-2-4-12-13(10)16-14(18)17(12)9-11-5-7-15-8-6-11/h2-8H,9H2,1H3,(H,16,18). The molecule has 0 unspecified atom stereocenters. The number of fused-ring (bicyclic) bond motifs is 1. The fraction of sp³-hybridized carbons (Fsp3) is 0.143. The maximum Gasteiger partial charge on any atom is 0.178 e. The number of nitrogens with zero attached hydrogens (tertiary/aromatic N) is 2. The van der Waals surface area contributed by atoms with Crippen LogP contribution in [0.5, 0.6) is 0 Å². The molecule has 0 aliphatic heterocycles. The molecule has 0 aliphatic rings. The largest absolute Gasteiger partial charge is 0.330 e. The van der Waals surface area contributed by atoms with Crippen molar-refractivity contribution in [3.8, 4) is 0 Å². The number of H-pyrrole nitrogens is 1. The molecular weight excluding hydrogens is 242 g/mol. The lowest BCUT2D eigenvalue weighted by atomic mass is 10.2. The predicted octanol–water partition coefficient (Wildman–Crippen LogP) is 3.45. The summed E-state index contributed by atoms with van der Waals surface area (Å²) in [6.45, 7) is 2.86. The average Bonchev–Trinajstić information content (AvgIpc) is 2.70. The molecule has 0 radical (unpaired) electrons. The molecule has 0 spiro atoms. The topological polar surface area (TPSA) is 33.6 Å². The van der Waals surface area contributed by atoms with Gasteiger partial charge in [-0.3, -0.25) is 4.98 Å². The van der Waals surface area contributed by atoms with Gasteiger partial charge in [-0.2, -0.15) is 0 Å². The van der Waals surface area contributed by atoms with E-state index in [1.165, 1.54) is 11.1 Å². The molecule has 3 rings (SSSR count). The first kappa shape index (κ1) is 11.2. The maximum atomic E-state index is 5.40. The first-order chi connectivity index (χ1) is 8.75. The van der Waals surface area contributed by atoms with Gasteiger partial charge < -0.3 is 9.55 Å². The zero-order valence-corrected chi connectivity index (χ0v) is 10.9. The molecule has 3 aromatic rings. The molecule has 0 amide bonds. The van der Waals surface area contributed by atoms with Crippen LogP contribution in [0.15, 0.2) is 42.7 Å². The molecule has 0 fully saturated rings. The lowest BCUT2D eigenvalue weighted by molar-refractivity contribution is 0.809. The van der Waals surface area contributed by atoms with Crippen molar-refractivity contribution >= 4 is 23.3 Å². The summed E-state index contributed by atoms with van der Waals surface area (Å²) >= 11 is 5.40. The monoisotopic (exact) mass is 255 g/mol. The van der Waals surface area contributed by atoms with Crippen LogP contribution in [0.2, 0.25) is 0 Å². The van der Waals surface area contributed by atoms with Gasteiger partial charge in [0, 0.05) is 12.4 Å². The van der Waals surface area contributed by atoms with E-state index in [1.54, 1.807) is 12.4 Å². The first-order valence-corrected chi connectivity index (χ1v) is 6.23. The van der Waals surface area contributed by atoms with Gasteiger partial charge in [0.05, 0.1) is 17.6 Å². The summed E-state index contributed by atoms with van der Waals surface area (Å²) in [4.78, 5) is 7.31. The third-order valence-corrected chi connectivity index (χ3v) is 3.43. The molecule has 0 atom stereocenters. The normalized spacial score (nSPS) is 10.9. The van der Waals surface area contributed by atoms with Crippen LogP contribution in [0.4, 0.5) is 0 Å². The zero-order valence-electron chi connectivity index (χ0n) is 10.1. The van der Waals surface area contributed by atoms with Crippen LogP contribution in [0.3, 0.4) is 0 Å². The zero-order chi connectivity index (χ0) is 12.5. The van der Waals surface area contributed by atoms with E-state index in [2.05, 4.69) is 39.7 Å². The number of aryl methyl sites for hydroxylation is 1. The maximum absolute atomic E-state index is 5.40. The van der Waals surface area contributed by atoms with Crippen molar-refractivity contribution in [3.63, 3.8) is 0 Å². The molecule has 90 valence electrons. The van der Waals surface area contributed by atoms with E-state index in [0.717, 1.165) is 22.3 Å². The Kier molecular flexibility index (Phi) is 2.72. The Bertz CT molecular complexity index is 741. The molecule has 18 heavy (non-hydrogen) atoms. The molecule has 3 nitrogen and oxygen atoms in total. The van der Waals surface area contributed by atoms with E-state index in [9.17, 15) is 0 Å². The number of pyridine rings is 1. The summed E-state index contributed by atoms with van der Waals surface area (Å²) in [7, 11) is 0.